The minimum Gasteiger partial charge on any atom is -0.379 e. The Morgan fingerprint density at radius 1 is 1.26 bits per heavy atom. The molecule has 2 aromatic heterocycles. The summed E-state index contributed by atoms with van der Waals surface area (Å²) in [5, 5.41) is 5.58. The molecule has 0 aliphatic heterocycles. The molecule has 0 amide bonds. The number of imidazole rings is 1. The summed E-state index contributed by atoms with van der Waals surface area (Å²) in [5.41, 5.74) is 6.10. The zero-order valence-electron chi connectivity index (χ0n) is 11.4. The Morgan fingerprint density at radius 2 is 2.11 bits per heavy atom. The van der Waals surface area contributed by atoms with Crippen LogP contribution >= 0.6 is 11.3 Å². The van der Waals surface area contributed by atoms with Crippen molar-refractivity contribution in [3.05, 3.63) is 52.3 Å². The molecule has 1 N–H and O–H groups in total. The summed E-state index contributed by atoms with van der Waals surface area (Å²) >= 11 is 1.67. The molecule has 0 saturated heterocycles. The number of fused-ring (bicyclic) bond motifs is 1. The van der Waals surface area contributed by atoms with E-state index in [-0.39, 0.29) is 0 Å². The molecule has 0 spiro atoms. The van der Waals surface area contributed by atoms with Gasteiger partial charge < -0.3 is 5.32 Å². The lowest BCUT2D eigenvalue weighted by atomic mass is 10.1. The Balaban J connectivity index is 1.85. The molecule has 0 atom stereocenters. The Kier molecular flexibility index (Phi) is 3.03. The van der Waals surface area contributed by atoms with Gasteiger partial charge in [-0.05, 0) is 32.4 Å². The zero-order valence-corrected chi connectivity index (χ0v) is 12.2. The summed E-state index contributed by atoms with van der Waals surface area (Å²) in [4.78, 5) is 5.63. The van der Waals surface area contributed by atoms with Crippen molar-refractivity contribution in [2.24, 2.45) is 0 Å². The molecule has 0 aliphatic rings. The van der Waals surface area contributed by atoms with Gasteiger partial charge in [-0.25, -0.2) is 4.98 Å². The molecule has 0 unspecified atom stereocenters. The summed E-state index contributed by atoms with van der Waals surface area (Å²) in [6, 6.07) is 6.48. The topological polar surface area (TPSA) is 29.3 Å². The molecule has 3 nitrogen and oxygen atoms in total. The highest BCUT2D eigenvalue weighted by molar-refractivity contribution is 7.15. The maximum absolute atomic E-state index is 4.56. The largest absolute Gasteiger partial charge is 0.379 e. The minimum atomic E-state index is 0.799. The van der Waals surface area contributed by atoms with Gasteiger partial charge in [-0.15, -0.1) is 11.3 Å². The maximum Gasteiger partial charge on any atom is 0.194 e. The van der Waals surface area contributed by atoms with Crippen molar-refractivity contribution >= 4 is 22.0 Å². The fraction of sp³-hybridized carbons (Fsp3) is 0.267. The lowest BCUT2D eigenvalue weighted by molar-refractivity contribution is 0.992. The standard InChI is InChI=1S/C15H17N3S/c1-10-4-5-13(11(2)8-10)16-9-14-12(3)17-15-18(14)6-7-19-15/h4-8,16H,9H2,1-3H3. The van der Waals surface area contributed by atoms with E-state index in [0.29, 0.717) is 0 Å². The molecule has 0 saturated carbocycles. The molecule has 3 aromatic rings. The van der Waals surface area contributed by atoms with Gasteiger partial charge in [0.05, 0.1) is 17.9 Å². The zero-order chi connectivity index (χ0) is 13.4. The van der Waals surface area contributed by atoms with E-state index in [1.165, 1.54) is 22.5 Å². The number of rotatable bonds is 3. The van der Waals surface area contributed by atoms with E-state index in [2.05, 4.69) is 65.2 Å². The number of aromatic nitrogens is 2. The van der Waals surface area contributed by atoms with Gasteiger partial charge in [0.1, 0.15) is 0 Å². The second-order valence-electron chi connectivity index (χ2n) is 4.87. The lowest BCUT2D eigenvalue weighted by Crippen LogP contribution is -2.04. The molecule has 3 rings (SSSR count). The van der Waals surface area contributed by atoms with Crippen LogP contribution in [-0.2, 0) is 6.54 Å². The van der Waals surface area contributed by atoms with E-state index in [1.807, 2.05) is 0 Å². The second kappa shape index (κ2) is 4.70. The van der Waals surface area contributed by atoms with Gasteiger partial charge in [-0.3, -0.25) is 4.40 Å². The summed E-state index contributed by atoms with van der Waals surface area (Å²) in [6.45, 7) is 7.12. The van der Waals surface area contributed by atoms with Crippen LogP contribution in [0.3, 0.4) is 0 Å². The van der Waals surface area contributed by atoms with Crippen molar-refractivity contribution in [1.82, 2.24) is 9.38 Å². The van der Waals surface area contributed by atoms with Crippen LogP contribution in [-0.4, -0.2) is 9.38 Å². The monoisotopic (exact) mass is 271 g/mol. The Hall–Kier alpha value is -1.81. The number of thiazole rings is 1. The Bertz CT molecular complexity index is 724. The summed E-state index contributed by atoms with van der Waals surface area (Å²) in [6.07, 6.45) is 2.08. The third-order valence-corrected chi connectivity index (χ3v) is 4.15. The Labute approximate surface area is 116 Å². The first-order chi connectivity index (χ1) is 9.15. The number of aryl methyl sites for hydroxylation is 3. The normalized spacial score (nSPS) is 11.1. The number of nitrogens with one attached hydrogen (secondary N) is 1. The van der Waals surface area contributed by atoms with Crippen LogP contribution in [0.5, 0.6) is 0 Å². The van der Waals surface area contributed by atoms with E-state index in [4.69, 9.17) is 0 Å². The number of hydrogen-bond donors (Lipinski definition) is 1. The summed E-state index contributed by atoms with van der Waals surface area (Å²) in [5.74, 6) is 0. The molecule has 98 valence electrons. The second-order valence-corrected chi connectivity index (χ2v) is 5.74. The summed E-state index contributed by atoms with van der Waals surface area (Å²) < 4.78 is 2.16. The van der Waals surface area contributed by atoms with E-state index in [0.717, 1.165) is 17.2 Å². The third kappa shape index (κ3) is 2.24. The number of benzene rings is 1. The van der Waals surface area contributed by atoms with Crippen molar-refractivity contribution in [3.8, 4) is 0 Å². The quantitative estimate of drug-likeness (QED) is 0.782. The number of anilines is 1. The predicted molar refractivity (Wildman–Crippen MR) is 81.0 cm³/mol. The van der Waals surface area contributed by atoms with Gasteiger partial charge in [0.2, 0.25) is 0 Å². The van der Waals surface area contributed by atoms with Gasteiger partial charge in [0.15, 0.2) is 4.96 Å². The van der Waals surface area contributed by atoms with Gasteiger partial charge >= 0.3 is 0 Å². The molecular formula is C15H17N3S. The number of nitrogens with zero attached hydrogens (tertiary/aromatic N) is 2. The molecule has 0 aliphatic carbocycles. The smallest absolute Gasteiger partial charge is 0.194 e. The molecule has 0 radical (unpaired) electrons. The van der Waals surface area contributed by atoms with Gasteiger partial charge in [0.25, 0.3) is 0 Å². The highest BCUT2D eigenvalue weighted by Gasteiger charge is 2.09. The van der Waals surface area contributed by atoms with Gasteiger partial charge in [-0.2, -0.15) is 0 Å². The van der Waals surface area contributed by atoms with E-state index in [9.17, 15) is 0 Å². The molecular weight excluding hydrogens is 254 g/mol. The van der Waals surface area contributed by atoms with Crippen molar-refractivity contribution in [2.45, 2.75) is 27.3 Å². The van der Waals surface area contributed by atoms with Crippen molar-refractivity contribution < 1.29 is 0 Å². The predicted octanol–water partition coefficient (Wildman–Crippen LogP) is 3.93. The molecule has 0 bridgehead atoms. The maximum atomic E-state index is 4.56. The van der Waals surface area contributed by atoms with Crippen molar-refractivity contribution in [2.75, 3.05) is 5.32 Å². The van der Waals surface area contributed by atoms with Gasteiger partial charge in [0, 0.05) is 17.3 Å². The minimum absolute atomic E-state index is 0.799. The van der Waals surface area contributed by atoms with E-state index in [1.54, 1.807) is 11.3 Å². The molecule has 0 fully saturated rings. The van der Waals surface area contributed by atoms with Crippen LogP contribution in [0.2, 0.25) is 0 Å². The van der Waals surface area contributed by atoms with Crippen molar-refractivity contribution in [3.63, 3.8) is 0 Å². The van der Waals surface area contributed by atoms with Crippen LogP contribution in [0.4, 0.5) is 5.69 Å². The van der Waals surface area contributed by atoms with Crippen LogP contribution in [0.1, 0.15) is 22.5 Å². The van der Waals surface area contributed by atoms with Crippen LogP contribution in [0.25, 0.3) is 4.96 Å². The van der Waals surface area contributed by atoms with Crippen LogP contribution < -0.4 is 5.32 Å². The average molecular weight is 271 g/mol. The molecule has 2 heterocycles. The van der Waals surface area contributed by atoms with E-state index >= 15 is 0 Å². The van der Waals surface area contributed by atoms with Crippen LogP contribution in [0.15, 0.2) is 29.8 Å². The molecule has 19 heavy (non-hydrogen) atoms. The summed E-state index contributed by atoms with van der Waals surface area (Å²) in [7, 11) is 0. The fourth-order valence-corrected chi connectivity index (χ4v) is 3.12. The third-order valence-electron chi connectivity index (χ3n) is 3.39. The van der Waals surface area contributed by atoms with Gasteiger partial charge in [-0.1, -0.05) is 17.7 Å². The highest BCUT2D eigenvalue weighted by Crippen LogP contribution is 2.20. The van der Waals surface area contributed by atoms with Crippen molar-refractivity contribution in [1.29, 1.82) is 0 Å². The first-order valence-electron chi connectivity index (χ1n) is 6.37. The van der Waals surface area contributed by atoms with Crippen LogP contribution in [0, 0.1) is 20.8 Å². The molecule has 1 aromatic carbocycles. The lowest BCUT2D eigenvalue weighted by Gasteiger charge is -2.10. The average Bonchev–Trinajstić information content (AvgIpc) is 2.90. The number of hydrogen-bond acceptors (Lipinski definition) is 3. The van der Waals surface area contributed by atoms with E-state index < -0.39 is 0 Å². The Morgan fingerprint density at radius 3 is 2.89 bits per heavy atom. The SMILES string of the molecule is Cc1ccc(NCc2c(C)nc3sccn23)c(C)c1. The highest BCUT2D eigenvalue weighted by atomic mass is 32.1. The first-order valence-corrected chi connectivity index (χ1v) is 7.25. The first kappa shape index (κ1) is 12.2. The molecule has 4 heteroatoms. The fourth-order valence-electron chi connectivity index (χ4n) is 2.34.